The highest BCUT2D eigenvalue weighted by Crippen LogP contribution is 2.43. The number of methoxy groups -OCH3 is 2. The fraction of sp³-hybridized carbons (Fsp3) is 0.500. The number of ether oxygens (including phenoxy) is 2. The van der Waals surface area contributed by atoms with Crippen LogP contribution in [0.3, 0.4) is 0 Å². The number of likely N-dealkylation sites (tertiary alicyclic amines) is 1. The Kier molecular flexibility index (Phi) is 4.54. The van der Waals surface area contributed by atoms with Crippen LogP contribution < -0.4 is 0 Å². The number of carbonyl (C=O) groups is 1. The third-order valence-corrected chi connectivity index (χ3v) is 6.02. The van der Waals surface area contributed by atoms with Gasteiger partial charge in [0.2, 0.25) is 0 Å². The Bertz CT molecular complexity index is 759. The molecule has 1 aliphatic heterocycles. The maximum Gasteiger partial charge on any atom is 0.254 e. The van der Waals surface area contributed by atoms with E-state index in [-0.39, 0.29) is 23.7 Å². The van der Waals surface area contributed by atoms with Gasteiger partial charge in [-0.1, -0.05) is 0 Å². The summed E-state index contributed by atoms with van der Waals surface area (Å²) in [6.07, 6.45) is 7.47. The van der Waals surface area contributed by atoms with E-state index in [2.05, 4.69) is 5.10 Å². The molecule has 1 saturated heterocycles. The van der Waals surface area contributed by atoms with Crippen LogP contribution in [0.1, 0.15) is 36.0 Å². The summed E-state index contributed by atoms with van der Waals surface area (Å²) in [5, 5.41) is 4.22. The van der Waals surface area contributed by atoms with Crippen LogP contribution >= 0.6 is 0 Å². The van der Waals surface area contributed by atoms with Crippen LogP contribution in [0.5, 0.6) is 0 Å². The summed E-state index contributed by atoms with van der Waals surface area (Å²) in [5.74, 6) is 0.0673. The van der Waals surface area contributed by atoms with E-state index in [0.29, 0.717) is 5.56 Å². The number of rotatable bonds is 4. The molecule has 26 heavy (non-hydrogen) atoms. The van der Waals surface area contributed by atoms with Crippen LogP contribution in [0, 0.1) is 0 Å². The van der Waals surface area contributed by atoms with E-state index in [9.17, 15) is 4.79 Å². The Balaban J connectivity index is 1.55. The maximum absolute atomic E-state index is 13.2. The monoisotopic (exact) mass is 355 g/mol. The minimum atomic E-state index is -0.223. The number of aromatic nitrogens is 2. The normalized spacial score (nSPS) is 28.2. The topological polar surface area (TPSA) is 56.6 Å². The summed E-state index contributed by atoms with van der Waals surface area (Å²) in [5.41, 5.74) is 1.42. The summed E-state index contributed by atoms with van der Waals surface area (Å²) in [4.78, 5) is 15.1. The lowest BCUT2D eigenvalue weighted by Crippen LogP contribution is -2.53. The Morgan fingerprint density at radius 3 is 2.69 bits per heavy atom. The Morgan fingerprint density at radius 1 is 1.23 bits per heavy atom. The van der Waals surface area contributed by atoms with Crippen molar-refractivity contribution >= 4 is 5.91 Å². The number of hydrogen-bond donors (Lipinski definition) is 0. The van der Waals surface area contributed by atoms with Gasteiger partial charge >= 0.3 is 0 Å². The number of carbonyl (C=O) groups excluding carboxylic acids is 1. The fourth-order valence-electron chi connectivity index (χ4n) is 4.46. The van der Waals surface area contributed by atoms with E-state index in [4.69, 9.17) is 9.47 Å². The Morgan fingerprint density at radius 2 is 2.04 bits per heavy atom. The molecule has 0 N–H and O–H groups in total. The van der Waals surface area contributed by atoms with E-state index in [0.717, 1.165) is 37.9 Å². The molecule has 1 saturated carbocycles. The molecule has 0 unspecified atom stereocenters. The number of fused-ring (bicyclic) bond motifs is 1. The molecule has 6 heteroatoms. The molecule has 1 aromatic carbocycles. The second kappa shape index (κ2) is 6.85. The average Bonchev–Trinajstić information content (AvgIpc) is 3.35. The fourth-order valence-corrected chi connectivity index (χ4v) is 4.46. The van der Waals surface area contributed by atoms with Crippen molar-refractivity contribution in [2.24, 2.45) is 0 Å². The van der Waals surface area contributed by atoms with Crippen molar-refractivity contribution in [3.63, 3.8) is 0 Å². The van der Waals surface area contributed by atoms with Crippen molar-refractivity contribution in [3.05, 3.63) is 48.3 Å². The van der Waals surface area contributed by atoms with Gasteiger partial charge in [0.05, 0.1) is 23.4 Å². The Labute approximate surface area is 153 Å². The molecule has 0 spiro atoms. The number of hydrogen-bond acceptors (Lipinski definition) is 4. The largest absolute Gasteiger partial charge is 0.381 e. The van der Waals surface area contributed by atoms with Gasteiger partial charge in [0.15, 0.2) is 0 Å². The second-order valence-electron chi connectivity index (χ2n) is 7.16. The molecule has 6 nitrogen and oxygen atoms in total. The maximum atomic E-state index is 13.2. The van der Waals surface area contributed by atoms with Gasteiger partial charge < -0.3 is 14.4 Å². The highest BCUT2D eigenvalue weighted by Gasteiger charge is 2.52. The van der Waals surface area contributed by atoms with Crippen molar-refractivity contribution < 1.29 is 14.3 Å². The lowest BCUT2D eigenvalue weighted by molar-refractivity contribution is -0.0893. The van der Waals surface area contributed by atoms with Crippen molar-refractivity contribution in [3.8, 4) is 5.69 Å². The van der Waals surface area contributed by atoms with E-state index in [1.807, 2.05) is 41.4 Å². The first-order valence-electron chi connectivity index (χ1n) is 9.16. The summed E-state index contributed by atoms with van der Waals surface area (Å²) in [6, 6.07) is 9.57. The lowest BCUT2D eigenvalue weighted by atomic mass is 9.79. The van der Waals surface area contributed by atoms with Crippen LogP contribution in [0.25, 0.3) is 5.69 Å². The first-order valence-corrected chi connectivity index (χ1v) is 9.16. The molecular formula is C20H25N3O3. The summed E-state index contributed by atoms with van der Waals surface area (Å²) < 4.78 is 13.3. The van der Waals surface area contributed by atoms with Gasteiger partial charge in [-0.25, -0.2) is 4.68 Å². The molecule has 3 atom stereocenters. The van der Waals surface area contributed by atoms with Gasteiger partial charge in [0.25, 0.3) is 5.91 Å². The summed E-state index contributed by atoms with van der Waals surface area (Å²) >= 11 is 0. The number of amides is 1. The van der Waals surface area contributed by atoms with Gasteiger partial charge in [0, 0.05) is 38.7 Å². The molecule has 2 aliphatic rings. The van der Waals surface area contributed by atoms with Crippen LogP contribution in [0.2, 0.25) is 0 Å². The van der Waals surface area contributed by atoms with E-state index >= 15 is 0 Å². The van der Waals surface area contributed by atoms with Crippen LogP contribution in [-0.2, 0) is 9.47 Å². The molecular weight excluding hydrogens is 330 g/mol. The van der Waals surface area contributed by atoms with Gasteiger partial charge in [-0.05, 0) is 56.0 Å². The molecule has 0 bridgehead atoms. The highest BCUT2D eigenvalue weighted by atomic mass is 16.5. The highest BCUT2D eigenvalue weighted by molar-refractivity contribution is 5.95. The first-order chi connectivity index (χ1) is 12.7. The first kappa shape index (κ1) is 17.2. The molecule has 138 valence electrons. The molecule has 1 aromatic heterocycles. The zero-order valence-corrected chi connectivity index (χ0v) is 15.3. The van der Waals surface area contributed by atoms with Crippen molar-refractivity contribution in [2.45, 2.75) is 43.4 Å². The molecule has 2 aromatic rings. The molecule has 4 rings (SSSR count). The number of nitrogens with zero attached hydrogens (tertiary/aromatic N) is 3. The van der Waals surface area contributed by atoms with E-state index in [1.165, 1.54) is 0 Å². The van der Waals surface area contributed by atoms with Gasteiger partial charge in [-0.3, -0.25) is 4.79 Å². The predicted molar refractivity (Wildman–Crippen MR) is 97.4 cm³/mol. The SMILES string of the molecule is CO[C@H]1CC[C@]2(OC)CCN(C(=O)c3ccc(-n4cccn4)cc3)[C@@H]2C1. The molecule has 0 radical (unpaired) electrons. The molecule has 1 amide bonds. The van der Waals surface area contributed by atoms with Crippen LogP contribution in [-0.4, -0.2) is 59.1 Å². The molecule has 2 heterocycles. The molecule has 2 fully saturated rings. The average molecular weight is 355 g/mol. The van der Waals surface area contributed by atoms with Gasteiger partial charge in [0.1, 0.15) is 0 Å². The van der Waals surface area contributed by atoms with Gasteiger partial charge in [-0.15, -0.1) is 0 Å². The smallest absolute Gasteiger partial charge is 0.254 e. The summed E-state index contributed by atoms with van der Waals surface area (Å²) in [7, 11) is 3.52. The minimum absolute atomic E-state index is 0.0673. The van der Waals surface area contributed by atoms with Crippen LogP contribution in [0.4, 0.5) is 0 Å². The van der Waals surface area contributed by atoms with Crippen LogP contribution in [0.15, 0.2) is 42.7 Å². The summed E-state index contributed by atoms with van der Waals surface area (Å²) in [6.45, 7) is 0.731. The van der Waals surface area contributed by atoms with Crippen molar-refractivity contribution in [2.75, 3.05) is 20.8 Å². The quantitative estimate of drug-likeness (QED) is 0.846. The predicted octanol–water partition coefficient (Wildman–Crippen LogP) is 2.67. The number of benzene rings is 1. The zero-order valence-electron chi connectivity index (χ0n) is 15.3. The lowest BCUT2D eigenvalue weighted by Gasteiger charge is -2.43. The standard InChI is InChI=1S/C20H25N3O3/c1-25-17-8-9-20(26-2)10-13-22(18(20)14-17)19(24)15-4-6-16(7-5-15)23-12-3-11-21-23/h3-7,11-12,17-18H,8-10,13-14H2,1-2H3/t17-,18+,20-/m0/s1. The zero-order chi connectivity index (χ0) is 18.1. The minimum Gasteiger partial charge on any atom is -0.381 e. The van der Waals surface area contributed by atoms with E-state index in [1.54, 1.807) is 25.1 Å². The van der Waals surface area contributed by atoms with Gasteiger partial charge in [-0.2, -0.15) is 5.10 Å². The van der Waals surface area contributed by atoms with Crippen molar-refractivity contribution in [1.82, 2.24) is 14.7 Å². The molecule has 1 aliphatic carbocycles. The third kappa shape index (κ3) is 2.83. The second-order valence-corrected chi connectivity index (χ2v) is 7.16. The van der Waals surface area contributed by atoms with E-state index < -0.39 is 0 Å². The van der Waals surface area contributed by atoms with Crippen molar-refractivity contribution in [1.29, 1.82) is 0 Å². The third-order valence-electron chi connectivity index (χ3n) is 6.02. The Hall–Kier alpha value is -2.18.